The van der Waals surface area contributed by atoms with E-state index in [9.17, 15) is 4.39 Å². The van der Waals surface area contributed by atoms with Crippen LogP contribution < -0.4 is 20.5 Å². The number of nitrogens with two attached hydrogens (primary N) is 1. The first-order valence-electron chi connectivity index (χ1n) is 10.2. The van der Waals surface area contributed by atoms with Crippen molar-refractivity contribution in [3.05, 3.63) is 59.4 Å². The summed E-state index contributed by atoms with van der Waals surface area (Å²) in [6.45, 7) is 0.316. The van der Waals surface area contributed by atoms with Crippen LogP contribution in [0, 0.1) is 5.82 Å². The molecule has 5 heteroatoms. The summed E-state index contributed by atoms with van der Waals surface area (Å²) < 4.78 is 25.7. The fourth-order valence-corrected chi connectivity index (χ4v) is 4.20. The molecule has 0 saturated heterocycles. The van der Waals surface area contributed by atoms with Crippen LogP contribution in [-0.2, 0) is 6.61 Å². The van der Waals surface area contributed by atoms with Crippen molar-refractivity contribution in [2.45, 2.75) is 62.8 Å². The molecule has 0 spiro atoms. The van der Waals surface area contributed by atoms with E-state index < -0.39 is 0 Å². The summed E-state index contributed by atoms with van der Waals surface area (Å²) in [5.41, 5.74) is 7.93. The molecule has 0 aliphatic heterocycles. The van der Waals surface area contributed by atoms with E-state index in [1.807, 2.05) is 30.3 Å². The van der Waals surface area contributed by atoms with Crippen LogP contribution in [0.2, 0.25) is 0 Å². The van der Waals surface area contributed by atoms with E-state index in [1.54, 1.807) is 13.2 Å². The number of hydrogen-bond donors (Lipinski definition) is 2. The Labute approximate surface area is 166 Å². The van der Waals surface area contributed by atoms with Gasteiger partial charge in [-0.2, -0.15) is 0 Å². The van der Waals surface area contributed by atoms with Crippen LogP contribution in [0.3, 0.4) is 0 Å². The number of hydrogen-bond acceptors (Lipinski definition) is 4. The number of benzene rings is 2. The Balaban J connectivity index is 1.40. The highest BCUT2D eigenvalue weighted by atomic mass is 19.1. The molecular formula is C23H29FN2O2. The number of halogens is 1. The highest BCUT2D eigenvalue weighted by Gasteiger charge is 2.42. The molecule has 2 aromatic carbocycles. The van der Waals surface area contributed by atoms with E-state index in [-0.39, 0.29) is 5.82 Å². The number of methoxy groups -OCH3 is 1. The third-order valence-corrected chi connectivity index (χ3v) is 5.93. The second kappa shape index (κ2) is 8.50. The molecule has 28 heavy (non-hydrogen) atoms. The second-order valence-electron chi connectivity index (χ2n) is 8.03. The summed E-state index contributed by atoms with van der Waals surface area (Å²) >= 11 is 0. The van der Waals surface area contributed by atoms with Crippen LogP contribution in [-0.4, -0.2) is 25.2 Å². The normalized spacial score (nSPS) is 26.7. The average Bonchev–Trinajstić information content (AvgIpc) is 3.47. The Morgan fingerprint density at radius 2 is 1.89 bits per heavy atom. The monoisotopic (exact) mass is 384 g/mol. The molecule has 0 heterocycles. The predicted molar refractivity (Wildman–Crippen MR) is 108 cm³/mol. The van der Waals surface area contributed by atoms with Gasteiger partial charge in [-0.05, 0) is 55.9 Å². The summed E-state index contributed by atoms with van der Waals surface area (Å²) in [5, 5.41) is 3.75. The van der Waals surface area contributed by atoms with Crippen LogP contribution in [0.5, 0.6) is 11.5 Å². The van der Waals surface area contributed by atoms with Gasteiger partial charge in [0.2, 0.25) is 0 Å². The van der Waals surface area contributed by atoms with Crippen molar-refractivity contribution in [2.75, 3.05) is 7.11 Å². The lowest BCUT2D eigenvalue weighted by Crippen LogP contribution is -2.38. The minimum atomic E-state index is -0.297. The van der Waals surface area contributed by atoms with Crippen LogP contribution in [0.1, 0.15) is 49.1 Å². The zero-order valence-corrected chi connectivity index (χ0v) is 16.4. The van der Waals surface area contributed by atoms with E-state index in [1.165, 1.54) is 6.07 Å². The van der Waals surface area contributed by atoms with Crippen molar-refractivity contribution >= 4 is 0 Å². The highest BCUT2D eigenvalue weighted by Crippen LogP contribution is 2.46. The molecule has 0 bridgehead atoms. The molecule has 2 saturated carbocycles. The van der Waals surface area contributed by atoms with Crippen molar-refractivity contribution in [3.8, 4) is 11.5 Å². The first kappa shape index (κ1) is 19.2. The topological polar surface area (TPSA) is 56.5 Å². The van der Waals surface area contributed by atoms with Gasteiger partial charge in [-0.3, -0.25) is 0 Å². The van der Waals surface area contributed by atoms with Gasteiger partial charge in [0.05, 0.1) is 7.11 Å². The maximum Gasteiger partial charge on any atom is 0.165 e. The number of nitrogens with one attached hydrogen (secondary N) is 1. The Bertz CT molecular complexity index is 805. The molecule has 4 nitrogen and oxygen atoms in total. The minimum Gasteiger partial charge on any atom is -0.497 e. The third kappa shape index (κ3) is 4.47. The zero-order valence-electron chi connectivity index (χ0n) is 16.4. The Morgan fingerprint density at radius 3 is 2.68 bits per heavy atom. The summed E-state index contributed by atoms with van der Waals surface area (Å²) in [6.07, 6.45) is 5.47. The smallest absolute Gasteiger partial charge is 0.165 e. The third-order valence-electron chi connectivity index (χ3n) is 5.93. The lowest BCUT2D eigenvalue weighted by atomic mass is 9.92. The van der Waals surface area contributed by atoms with Gasteiger partial charge in [-0.15, -0.1) is 0 Å². The van der Waals surface area contributed by atoms with E-state index in [0.717, 1.165) is 49.0 Å². The molecule has 3 N–H and O–H groups in total. The number of ether oxygens (including phenoxy) is 2. The first-order chi connectivity index (χ1) is 13.6. The lowest BCUT2D eigenvalue weighted by molar-refractivity contribution is 0.285. The molecule has 0 unspecified atom stereocenters. The molecule has 150 valence electrons. The first-order valence-corrected chi connectivity index (χ1v) is 10.2. The van der Waals surface area contributed by atoms with Gasteiger partial charge >= 0.3 is 0 Å². The molecular weight excluding hydrogens is 355 g/mol. The van der Waals surface area contributed by atoms with Crippen molar-refractivity contribution < 1.29 is 13.9 Å². The van der Waals surface area contributed by atoms with Crippen molar-refractivity contribution in [2.24, 2.45) is 5.73 Å². The lowest BCUT2D eigenvalue weighted by Gasteiger charge is -2.27. The van der Waals surface area contributed by atoms with E-state index in [4.69, 9.17) is 15.2 Å². The van der Waals surface area contributed by atoms with Gasteiger partial charge in [0.1, 0.15) is 12.4 Å². The van der Waals surface area contributed by atoms with Gasteiger partial charge in [0.25, 0.3) is 0 Å². The van der Waals surface area contributed by atoms with E-state index in [0.29, 0.717) is 36.4 Å². The summed E-state index contributed by atoms with van der Waals surface area (Å²) in [5.74, 6) is 1.17. The SMILES string of the molecule is COc1cccc(COc2c(F)cccc2[C@@H]2C[C@H]2NC2CCC(N)CC2)c1. The van der Waals surface area contributed by atoms with Gasteiger partial charge in [-0.1, -0.05) is 24.3 Å². The molecule has 0 radical (unpaired) electrons. The zero-order chi connectivity index (χ0) is 19.5. The molecule has 4 rings (SSSR count). The van der Waals surface area contributed by atoms with Crippen LogP contribution in [0.4, 0.5) is 4.39 Å². The van der Waals surface area contributed by atoms with Gasteiger partial charge in [0.15, 0.2) is 11.6 Å². The van der Waals surface area contributed by atoms with Crippen LogP contribution in [0.15, 0.2) is 42.5 Å². The van der Waals surface area contributed by atoms with Gasteiger partial charge in [0, 0.05) is 29.6 Å². The quantitative estimate of drug-likeness (QED) is 0.754. The fourth-order valence-electron chi connectivity index (χ4n) is 4.20. The maximum atomic E-state index is 14.5. The molecule has 2 aromatic rings. The Morgan fingerprint density at radius 1 is 1.11 bits per heavy atom. The largest absolute Gasteiger partial charge is 0.497 e. The maximum absolute atomic E-state index is 14.5. The summed E-state index contributed by atoms with van der Waals surface area (Å²) in [4.78, 5) is 0. The Hall–Kier alpha value is -2.11. The molecule has 2 fully saturated rings. The summed E-state index contributed by atoms with van der Waals surface area (Å²) in [6, 6.07) is 14.2. The molecule has 0 amide bonds. The fraction of sp³-hybridized carbons (Fsp3) is 0.478. The van der Waals surface area contributed by atoms with Gasteiger partial charge < -0.3 is 20.5 Å². The highest BCUT2D eigenvalue weighted by molar-refractivity contribution is 5.42. The minimum absolute atomic E-state index is 0.297. The molecule has 2 aliphatic carbocycles. The van der Waals surface area contributed by atoms with Gasteiger partial charge in [-0.25, -0.2) is 4.39 Å². The van der Waals surface area contributed by atoms with E-state index in [2.05, 4.69) is 5.32 Å². The number of para-hydroxylation sites is 1. The van der Waals surface area contributed by atoms with Crippen LogP contribution in [0.25, 0.3) is 0 Å². The van der Waals surface area contributed by atoms with Crippen molar-refractivity contribution in [1.29, 1.82) is 0 Å². The van der Waals surface area contributed by atoms with Crippen molar-refractivity contribution in [1.82, 2.24) is 5.32 Å². The summed E-state index contributed by atoms with van der Waals surface area (Å²) in [7, 11) is 1.63. The Kier molecular flexibility index (Phi) is 5.83. The molecule has 2 aliphatic rings. The van der Waals surface area contributed by atoms with E-state index >= 15 is 0 Å². The van der Waals surface area contributed by atoms with Crippen LogP contribution >= 0.6 is 0 Å². The molecule has 2 atom stereocenters. The predicted octanol–water partition coefficient (Wildman–Crippen LogP) is 4.13. The standard InChI is InChI=1S/C23H29FN2O2/c1-27-18-5-2-4-15(12-18)14-28-23-19(6-3-7-21(23)24)20-13-22(20)26-17-10-8-16(25)9-11-17/h2-7,12,16-17,20,22,26H,8-11,13-14,25H2,1H3/t16?,17?,20-,22+/m0/s1. The average molecular weight is 384 g/mol. The molecule has 0 aromatic heterocycles. The second-order valence-corrected chi connectivity index (χ2v) is 8.03. The number of rotatable bonds is 7. The van der Waals surface area contributed by atoms with Crippen molar-refractivity contribution in [3.63, 3.8) is 0 Å².